The lowest BCUT2D eigenvalue weighted by atomic mass is 10.1. The summed E-state index contributed by atoms with van der Waals surface area (Å²) < 4.78 is 10.4. The molecule has 70 valence electrons. The predicted molar refractivity (Wildman–Crippen MR) is 46.9 cm³/mol. The minimum Gasteiger partial charge on any atom is -0.424 e. The summed E-state index contributed by atoms with van der Waals surface area (Å²) in [7, 11) is 0. The van der Waals surface area contributed by atoms with Crippen LogP contribution in [0.2, 0.25) is 0 Å². The molecule has 2 rings (SSSR count). The maximum atomic E-state index is 10.7. The van der Waals surface area contributed by atoms with Gasteiger partial charge in [0.15, 0.2) is 0 Å². The Labute approximate surface area is 77.0 Å². The first-order chi connectivity index (χ1) is 6.34. The van der Waals surface area contributed by atoms with Gasteiger partial charge in [0.05, 0.1) is 6.10 Å². The summed E-state index contributed by atoms with van der Waals surface area (Å²) >= 11 is 0. The van der Waals surface area contributed by atoms with Gasteiger partial charge in [0.25, 0.3) is 0 Å². The molecule has 0 aromatic rings. The van der Waals surface area contributed by atoms with Crippen LogP contribution in [-0.4, -0.2) is 18.7 Å². The van der Waals surface area contributed by atoms with Crippen LogP contribution < -0.4 is 0 Å². The standard InChI is InChI=1S/C10H12O3/c11-10-5-4-9(13-10)7-8-3-1-2-6-12-8/h4-5,7-8H,1-3,6H2/b9-7+. The maximum Gasteiger partial charge on any atom is 0.336 e. The minimum atomic E-state index is -0.290. The fourth-order valence-electron chi connectivity index (χ4n) is 1.50. The van der Waals surface area contributed by atoms with Crippen molar-refractivity contribution in [3.8, 4) is 0 Å². The zero-order valence-corrected chi connectivity index (χ0v) is 7.36. The van der Waals surface area contributed by atoms with Gasteiger partial charge in [-0.3, -0.25) is 0 Å². The van der Waals surface area contributed by atoms with Gasteiger partial charge in [0.2, 0.25) is 0 Å². The molecule has 0 radical (unpaired) electrons. The zero-order valence-electron chi connectivity index (χ0n) is 7.36. The third kappa shape index (κ3) is 2.18. The lowest BCUT2D eigenvalue weighted by Gasteiger charge is -2.19. The first-order valence-electron chi connectivity index (χ1n) is 4.58. The third-order valence-corrected chi connectivity index (χ3v) is 2.17. The van der Waals surface area contributed by atoms with E-state index in [0.717, 1.165) is 19.4 Å². The van der Waals surface area contributed by atoms with E-state index in [1.54, 1.807) is 6.08 Å². The van der Waals surface area contributed by atoms with Gasteiger partial charge in [0.1, 0.15) is 5.76 Å². The van der Waals surface area contributed by atoms with E-state index in [1.807, 2.05) is 6.08 Å². The highest BCUT2D eigenvalue weighted by Crippen LogP contribution is 2.18. The summed E-state index contributed by atoms with van der Waals surface area (Å²) in [5, 5.41) is 0. The van der Waals surface area contributed by atoms with E-state index < -0.39 is 0 Å². The van der Waals surface area contributed by atoms with Crippen molar-refractivity contribution in [3.05, 3.63) is 24.0 Å². The Kier molecular flexibility index (Phi) is 2.45. The van der Waals surface area contributed by atoms with E-state index >= 15 is 0 Å². The van der Waals surface area contributed by atoms with Crippen LogP contribution in [0, 0.1) is 0 Å². The number of carbonyl (C=O) groups is 1. The lowest BCUT2D eigenvalue weighted by molar-refractivity contribution is -0.132. The molecule has 2 aliphatic heterocycles. The highest BCUT2D eigenvalue weighted by Gasteiger charge is 2.15. The molecule has 0 aliphatic carbocycles. The summed E-state index contributed by atoms with van der Waals surface area (Å²) in [4.78, 5) is 10.7. The van der Waals surface area contributed by atoms with Crippen molar-refractivity contribution in [2.45, 2.75) is 25.4 Å². The normalized spacial score (nSPS) is 30.9. The molecule has 1 unspecified atom stereocenters. The molecule has 1 fully saturated rings. The number of cyclic esters (lactones) is 1. The van der Waals surface area contributed by atoms with Gasteiger partial charge in [-0.2, -0.15) is 0 Å². The Morgan fingerprint density at radius 1 is 1.38 bits per heavy atom. The van der Waals surface area contributed by atoms with E-state index in [9.17, 15) is 4.79 Å². The van der Waals surface area contributed by atoms with Crippen molar-refractivity contribution in [1.82, 2.24) is 0 Å². The van der Waals surface area contributed by atoms with Gasteiger partial charge in [-0.25, -0.2) is 4.79 Å². The predicted octanol–water partition coefficient (Wildman–Crippen LogP) is 1.55. The molecule has 0 spiro atoms. The molecule has 13 heavy (non-hydrogen) atoms. The number of allylic oxidation sites excluding steroid dienone is 1. The second-order valence-electron chi connectivity index (χ2n) is 3.23. The van der Waals surface area contributed by atoms with Crippen LogP contribution in [0.5, 0.6) is 0 Å². The molecule has 3 nitrogen and oxygen atoms in total. The van der Waals surface area contributed by atoms with Crippen LogP contribution in [0.15, 0.2) is 24.0 Å². The third-order valence-electron chi connectivity index (χ3n) is 2.17. The van der Waals surface area contributed by atoms with Crippen LogP contribution >= 0.6 is 0 Å². The summed E-state index contributed by atoms with van der Waals surface area (Å²) in [6.45, 7) is 0.812. The molecule has 3 heteroatoms. The van der Waals surface area contributed by atoms with E-state index in [4.69, 9.17) is 9.47 Å². The van der Waals surface area contributed by atoms with Crippen molar-refractivity contribution in [1.29, 1.82) is 0 Å². The Balaban J connectivity index is 1.95. The Hall–Kier alpha value is -1.09. The minimum absolute atomic E-state index is 0.124. The molecular formula is C10H12O3. The van der Waals surface area contributed by atoms with E-state index in [1.165, 1.54) is 12.5 Å². The summed E-state index contributed by atoms with van der Waals surface area (Å²) in [5.41, 5.74) is 0. The van der Waals surface area contributed by atoms with Crippen molar-refractivity contribution in [3.63, 3.8) is 0 Å². The van der Waals surface area contributed by atoms with Gasteiger partial charge < -0.3 is 9.47 Å². The number of rotatable bonds is 1. The van der Waals surface area contributed by atoms with Crippen molar-refractivity contribution < 1.29 is 14.3 Å². The fourth-order valence-corrected chi connectivity index (χ4v) is 1.50. The number of hydrogen-bond acceptors (Lipinski definition) is 3. The second-order valence-corrected chi connectivity index (χ2v) is 3.23. The summed E-state index contributed by atoms with van der Waals surface area (Å²) in [6.07, 6.45) is 8.45. The maximum absolute atomic E-state index is 10.7. The van der Waals surface area contributed by atoms with Gasteiger partial charge in [-0.15, -0.1) is 0 Å². The largest absolute Gasteiger partial charge is 0.424 e. The number of hydrogen-bond donors (Lipinski definition) is 0. The number of esters is 1. The topological polar surface area (TPSA) is 35.5 Å². The van der Waals surface area contributed by atoms with Crippen molar-refractivity contribution >= 4 is 5.97 Å². The molecule has 1 atom stereocenters. The van der Waals surface area contributed by atoms with Crippen LogP contribution in [0.4, 0.5) is 0 Å². The quantitative estimate of drug-likeness (QED) is 0.574. The molecule has 0 bridgehead atoms. The van der Waals surface area contributed by atoms with Gasteiger partial charge in [0, 0.05) is 12.7 Å². The van der Waals surface area contributed by atoms with E-state index in [0.29, 0.717) is 5.76 Å². The van der Waals surface area contributed by atoms with Crippen LogP contribution in [0.3, 0.4) is 0 Å². The van der Waals surface area contributed by atoms with Crippen molar-refractivity contribution in [2.24, 2.45) is 0 Å². The van der Waals surface area contributed by atoms with E-state index in [-0.39, 0.29) is 12.1 Å². The van der Waals surface area contributed by atoms with Crippen LogP contribution in [0.25, 0.3) is 0 Å². The fraction of sp³-hybridized carbons (Fsp3) is 0.500. The summed E-state index contributed by atoms with van der Waals surface area (Å²) in [6, 6.07) is 0. The molecule has 2 heterocycles. The Morgan fingerprint density at radius 3 is 2.92 bits per heavy atom. The van der Waals surface area contributed by atoms with Crippen molar-refractivity contribution in [2.75, 3.05) is 6.61 Å². The monoisotopic (exact) mass is 180 g/mol. The summed E-state index contributed by atoms with van der Waals surface area (Å²) in [5.74, 6) is 0.332. The zero-order chi connectivity index (χ0) is 9.10. The number of carbonyl (C=O) groups excluding carboxylic acids is 1. The SMILES string of the molecule is O=C1C=C/C(=C\C2CCCCO2)O1. The van der Waals surface area contributed by atoms with Gasteiger partial charge >= 0.3 is 5.97 Å². The average molecular weight is 180 g/mol. The van der Waals surface area contributed by atoms with Gasteiger partial charge in [-0.05, 0) is 31.4 Å². The number of ether oxygens (including phenoxy) is 2. The Bertz CT molecular complexity index is 259. The molecular weight excluding hydrogens is 168 g/mol. The first-order valence-corrected chi connectivity index (χ1v) is 4.58. The smallest absolute Gasteiger partial charge is 0.336 e. The molecule has 0 saturated carbocycles. The molecule has 0 aromatic heterocycles. The molecule has 0 amide bonds. The van der Waals surface area contributed by atoms with E-state index in [2.05, 4.69) is 0 Å². The van der Waals surface area contributed by atoms with Crippen LogP contribution in [0.1, 0.15) is 19.3 Å². The molecule has 1 saturated heterocycles. The lowest BCUT2D eigenvalue weighted by Crippen LogP contribution is -2.17. The average Bonchev–Trinajstić information content (AvgIpc) is 2.53. The van der Waals surface area contributed by atoms with Gasteiger partial charge in [-0.1, -0.05) is 0 Å². The second kappa shape index (κ2) is 3.75. The van der Waals surface area contributed by atoms with Crippen LogP contribution in [-0.2, 0) is 14.3 Å². The first kappa shape index (κ1) is 8.51. The molecule has 0 aromatic carbocycles. The Morgan fingerprint density at radius 2 is 2.31 bits per heavy atom. The molecule has 2 aliphatic rings. The highest BCUT2D eigenvalue weighted by molar-refractivity contribution is 5.86. The molecule has 0 N–H and O–H groups in total. The highest BCUT2D eigenvalue weighted by atomic mass is 16.5.